The molecule has 0 fully saturated rings. The van der Waals surface area contributed by atoms with Gasteiger partial charge in [0.2, 0.25) is 5.91 Å². The van der Waals surface area contributed by atoms with Gasteiger partial charge in [0.15, 0.2) is 6.04 Å². The van der Waals surface area contributed by atoms with Crippen LogP contribution < -0.4 is 0 Å². The van der Waals surface area contributed by atoms with Crippen molar-refractivity contribution in [1.82, 2.24) is 9.80 Å². The average molecular weight is 384 g/mol. The van der Waals surface area contributed by atoms with Crippen molar-refractivity contribution < 1.29 is 23.9 Å². The number of amides is 3. The minimum Gasteiger partial charge on any atom is -0.467 e. The maximum Gasteiger partial charge on any atom is 0.333 e. The van der Waals surface area contributed by atoms with Crippen molar-refractivity contribution in [3.8, 4) is 0 Å². The zero-order valence-corrected chi connectivity index (χ0v) is 15.3. The monoisotopic (exact) mass is 384 g/mol. The fourth-order valence-electron chi connectivity index (χ4n) is 3.56. The van der Waals surface area contributed by atoms with Crippen LogP contribution in [0.4, 0.5) is 0 Å². The zero-order valence-electron chi connectivity index (χ0n) is 14.5. The summed E-state index contributed by atoms with van der Waals surface area (Å²) in [6.07, 6.45) is 0.619. The Morgan fingerprint density at radius 3 is 2.44 bits per heavy atom. The van der Waals surface area contributed by atoms with Crippen LogP contribution in [0.5, 0.6) is 0 Å². The van der Waals surface area contributed by atoms with Crippen LogP contribution in [-0.4, -0.2) is 53.7 Å². The summed E-state index contributed by atoms with van der Waals surface area (Å²) >= 11 is 1.53. The highest BCUT2D eigenvalue weighted by atomic mass is 32.1. The molecular formula is C19H16N2O5S. The number of fused-ring (bicyclic) bond motifs is 2. The maximum absolute atomic E-state index is 12.9. The van der Waals surface area contributed by atoms with E-state index in [1.807, 2.05) is 11.4 Å². The predicted molar refractivity (Wildman–Crippen MR) is 96.3 cm³/mol. The lowest BCUT2D eigenvalue weighted by Crippen LogP contribution is -2.48. The van der Waals surface area contributed by atoms with Crippen molar-refractivity contribution in [2.75, 3.05) is 20.2 Å². The molecule has 1 aromatic carbocycles. The third kappa shape index (κ3) is 2.73. The summed E-state index contributed by atoms with van der Waals surface area (Å²) in [5.74, 6) is -1.99. The first-order valence-corrected chi connectivity index (χ1v) is 9.29. The number of rotatable bonds is 3. The molecule has 0 N–H and O–H groups in total. The van der Waals surface area contributed by atoms with Crippen molar-refractivity contribution in [3.05, 3.63) is 57.3 Å². The van der Waals surface area contributed by atoms with Crippen LogP contribution in [0.15, 0.2) is 35.7 Å². The van der Waals surface area contributed by atoms with Crippen LogP contribution in [0.3, 0.4) is 0 Å². The van der Waals surface area contributed by atoms with Crippen molar-refractivity contribution >= 4 is 35.0 Å². The van der Waals surface area contributed by atoms with Crippen molar-refractivity contribution in [3.63, 3.8) is 0 Å². The molecule has 8 heteroatoms. The number of carbonyl (C=O) groups excluding carboxylic acids is 4. The molecule has 2 aliphatic heterocycles. The molecule has 0 aliphatic carbocycles. The molecule has 3 amide bonds. The fourth-order valence-corrected chi connectivity index (χ4v) is 4.46. The average Bonchev–Trinajstić information content (AvgIpc) is 3.26. The van der Waals surface area contributed by atoms with Gasteiger partial charge in [-0.05, 0) is 35.6 Å². The van der Waals surface area contributed by atoms with Crippen LogP contribution in [0, 0.1) is 0 Å². The molecule has 0 saturated heterocycles. The molecule has 0 saturated carbocycles. The van der Waals surface area contributed by atoms with E-state index in [1.54, 1.807) is 24.3 Å². The third-order valence-electron chi connectivity index (χ3n) is 4.88. The van der Waals surface area contributed by atoms with E-state index in [1.165, 1.54) is 23.3 Å². The molecule has 0 radical (unpaired) electrons. The SMILES string of the molecule is COC(=O)C1c2ccsc2CCN1C(=O)CN1C(=O)c2ccccc2C1=O. The Balaban J connectivity index is 1.59. The molecule has 2 aromatic rings. The van der Waals surface area contributed by atoms with Gasteiger partial charge in [-0.1, -0.05) is 12.1 Å². The second-order valence-corrected chi connectivity index (χ2v) is 7.30. The minimum absolute atomic E-state index is 0.290. The number of methoxy groups -OCH3 is 1. The first kappa shape index (κ1) is 17.4. The smallest absolute Gasteiger partial charge is 0.333 e. The quantitative estimate of drug-likeness (QED) is 0.593. The van der Waals surface area contributed by atoms with Gasteiger partial charge in [-0.3, -0.25) is 19.3 Å². The number of thiophene rings is 1. The Bertz CT molecular complexity index is 932. The molecule has 1 unspecified atom stereocenters. The molecule has 2 aliphatic rings. The predicted octanol–water partition coefficient (Wildman–Crippen LogP) is 1.64. The molecule has 1 atom stereocenters. The lowest BCUT2D eigenvalue weighted by molar-refractivity contribution is -0.153. The summed E-state index contributed by atoms with van der Waals surface area (Å²) in [6, 6.07) is 7.43. The molecule has 0 spiro atoms. The Morgan fingerprint density at radius 2 is 1.81 bits per heavy atom. The third-order valence-corrected chi connectivity index (χ3v) is 5.88. The first-order valence-electron chi connectivity index (χ1n) is 8.41. The number of imide groups is 1. The molecular weight excluding hydrogens is 368 g/mol. The first-order chi connectivity index (χ1) is 13.0. The van der Waals surface area contributed by atoms with Gasteiger partial charge in [-0.15, -0.1) is 11.3 Å². The van der Waals surface area contributed by atoms with Gasteiger partial charge in [0.25, 0.3) is 11.8 Å². The normalized spacial score (nSPS) is 18.3. The van der Waals surface area contributed by atoms with Crippen LogP contribution in [-0.2, 0) is 20.7 Å². The molecule has 1 aromatic heterocycles. The van der Waals surface area contributed by atoms with Crippen LogP contribution >= 0.6 is 11.3 Å². The molecule has 27 heavy (non-hydrogen) atoms. The number of hydrogen-bond acceptors (Lipinski definition) is 6. The summed E-state index contributed by atoms with van der Waals surface area (Å²) in [4.78, 5) is 53.6. The summed E-state index contributed by atoms with van der Waals surface area (Å²) in [5.41, 5.74) is 1.32. The second kappa shape index (κ2) is 6.62. The maximum atomic E-state index is 12.9. The Kier molecular flexibility index (Phi) is 4.27. The van der Waals surface area contributed by atoms with Crippen LogP contribution in [0.25, 0.3) is 0 Å². The van der Waals surface area contributed by atoms with Crippen molar-refractivity contribution in [2.45, 2.75) is 12.5 Å². The molecule has 138 valence electrons. The molecule has 3 heterocycles. The molecule has 7 nitrogen and oxygen atoms in total. The van der Waals surface area contributed by atoms with E-state index in [9.17, 15) is 19.2 Å². The summed E-state index contributed by atoms with van der Waals surface area (Å²) in [5, 5.41) is 1.87. The summed E-state index contributed by atoms with van der Waals surface area (Å²) < 4.78 is 4.88. The zero-order chi connectivity index (χ0) is 19.1. The van der Waals surface area contributed by atoms with Gasteiger partial charge in [0.1, 0.15) is 6.54 Å². The standard InChI is InChI=1S/C19H16N2O5S/c1-26-19(25)16-13-7-9-27-14(13)6-8-20(16)15(22)10-21-17(23)11-4-2-3-5-12(11)18(21)24/h2-5,7,9,16H,6,8,10H2,1H3. The lowest BCUT2D eigenvalue weighted by Gasteiger charge is -2.34. The fraction of sp³-hybridized carbons (Fsp3) is 0.263. The van der Waals surface area contributed by atoms with Crippen molar-refractivity contribution in [1.29, 1.82) is 0 Å². The number of ether oxygens (including phenoxy) is 1. The van der Waals surface area contributed by atoms with Gasteiger partial charge >= 0.3 is 5.97 Å². The van der Waals surface area contributed by atoms with E-state index in [4.69, 9.17) is 4.74 Å². The van der Waals surface area contributed by atoms with E-state index in [2.05, 4.69) is 0 Å². The van der Waals surface area contributed by atoms with Crippen LogP contribution in [0.1, 0.15) is 37.2 Å². The number of benzene rings is 1. The Labute approximate surface area is 159 Å². The lowest BCUT2D eigenvalue weighted by atomic mass is 10.00. The number of nitrogens with zero attached hydrogens (tertiary/aromatic N) is 2. The summed E-state index contributed by atoms with van der Waals surface area (Å²) in [6.45, 7) is -0.0748. The second-order valence-electron chi connectivity index (χ2n) is 6.30. The largest absolute Gasteiger partial charge is 0.467 e. The van der Waals surface area contributed by atoms with Gasteiger partial charge in [-0.25, -0.2) is 4.79 Å². The highest BCUT2D eigenvalue weighted by molar-refractivity contribution is 7.10. The highest BCUT2D eigenvalue weighted by Gasteiger charge is 2.41. The number of esters is 1. The number of carbonyl (C=O) groups is 4. The highest BCUT2D eigenvalue weighted by Crippen LogP contribution is 2.34. The van der Waals surface area contributed by atoms with Gasteiger partial charge in [-0.2, -0.15) is 0 Å². The van der Waals surface area contributed by atoms with Crippen LogP contribution in [0.2, 0.25) is 0 Å². The van der Waals surface area contributed by atoms with E-state index in [-0.39, 0.29) is 0 Å². The Morgan fingerprint density at radius 1 is 1.15 bits per heavy atom. The van der Waals surface area contributed by atoms with E-state index in [0.29, 0.717) is 24.1 Å². The summed E-state index contributed by atoms with van der Waals surface area (Å²) in [7, 11) is 1.27. The van der Waals surface area contributed by atoms with E-state index >= 15 is 0 Å². The molecule has 4 rings (SSSR count). The van der Waals surface area contributed by atoms with Gasteiger partial charge in [0, 0.05) is 11.4 Å². The van der Waals surface area contributed by atoms with Gasteiger partial charge in [0.05, 0.1) is 18.2 Å². The number of hydrogen-bond donors (Lipinski definition) is 0. The Hall–Kier alpha value is -3.00. The van der Waals surface area contributed by atoms with Crippen molar-refractivity contribution in [2.24, 2.45) is 0 Å². The van der Waals surface area contributed by atoms with E-state index < -0.39 is 36.3 Å². The topological polar surface area (TPSA) is 84.0 Å². The molecule has 0 bridgehead atoms. The van der Waals surface area contributed by atoms with E-state index in [0.717, 1.165) is 15.3 Å². The van der Waals surface area contributed by atoms with Gasteiger partial charge < -0.3 is 9.64 Å². The minimum atomic E-state index is -0.854.